The molecule has 1 fully saturated rings. The van der Waals surface area contributed by atoms with E-state index in [1.54, 1.807) is 17.0 Å². The first-order valence-corrected chi connectivity index (χ1v) is 9.97. The number of nitrogens with two attached hydrogens (primary N) is 1. The highest BCUT2D eigenvalue weighted by atomic mass is 16.5. The second-order valence-corrected chi connectivity index (χ2v) is 8.93. The van der Waals surface area contributed by atoms with E-state index in [1.165, 1.54) is 0 Å². The number of ketones is 1. The third-order valence-electron chi connectivity index (χ3n) is 6.31. The molecule has 4 rings (SSSR count). The summed E-state index contributed by atoms with van der Waals surface area (Å²) >= 11 is 0. The minimum atomic E-state index is -0.756. The Morgan fingerprint density at radius 1 is 1.17 bits per heavy atom. The minimum absolute atomic E-state index is 0.0272. The van der Waals surface area contributed by atoms with Gasteiger partial charge in [0.15, 0.2) is 5.78 Å². The van der Waals surface area contributed by atoms with Crippen molar-refractivity contribution in [3.63, 3.8) is 0 Å². The Bertz CT molecular complexity index is 974. The molecule has 0 unspecified atom stereocenters. The lowest BCUT2D eigenvalue weighted by Gasteiger charge is -2.47. The van der Waals surface area contributed by atoms with Gasteiger partial charge in [0.05, 0.1) is 0 Å². The number of rotatable bonds is 1. The van der Waals surface area contributed by atoms with E-state index in [2.05, 4.69) is 6.07 Å². The van der Waals surface area contributed by atoms with Gasteiger partial charge in [0.2, 0.25) is 5.88 Å². The fraction of sp³-hybridized carbons (Fsp3) is 0.435. The number of nitriles is 1. The fourth-order valence-electron chi connectivity index (χ4n) is 4.95. The third-order valence-corrected chi connectivity index (χ3v) is 6.31. The Morgan fingerprint density at radius 3 is 2.45 bits per heavy atom. The molecule has 1 amide bonds. The topological polar surface area (TPSA) is 96.4 Å². The van der Waals surface area contributed by atoms with Gasteiger partial charge < -0.3 is 15.4 Å². The largest absolute Gasteiger partial charge is 0.444 e. The second-order valence-electron chi connectivity index (χ2n) is 8.93. The number of amides is 1. The molecule has 0 radical (unpaired) electrons. The summed E-state index contributed by atoms with van der Waals surface area (Å²) in [4.78, 5) is 27.8. The molecule has 0 atom stereocenters. The van der Waals surface area contributed by atoms with Crippen molar-refractivity contribution in [1.29, 1.82) is 5.26 Å². The van der Waals surface area contributed by atoms with Crippen molar-refractivity contribution in [1.82, 2.24) is 4.90 Å². The molecule has 150 valence electrons. The number of likely N-dealkylation sites (tertiary alicyclic amines) is 1. The zero-order chi connectivity index (χ0) is 20.8. The summed E-state index contributed by atoms with van der Waals surface area (Å²) in [6, 6.07) is 11.4. The lowest BCUT2D eigenvalue weighted by Crippen LogP contribution is -2.49. The first-order valence-electron chi connectivity index (χ1n) is 9.97. The second kappa shape index (κ2) is 6.77. The van der Waals surface area contributed by atoms with Crippen LogP contribution in [0.4, 0.5) is 0 Å². The number of carbonyl (C=O) groups excluding carboxylic acids is 2. The average Bonchev–Trinajstić information content (AvgIpc) is 2.67. The maximum absolute atomic E-state index is 13.1. The molecule has 0 aromatic heterocycles. The summed E-state index contributed by atoms with van der Waals surface area (Å²) in [6.45, 7) is 4.98. The molecule has 1 aromatic rings. The number of nitrogens with zero attached hydrogens (tertiary/aromatic N) is 2. The Morgan fingerprint density at radius 2 is 1.83 bits per heavy atom. The van der Waals surface area contributed by atoms with Gasteiger partial charge in [-0.3, -0.25) is 9.59 Å². The van der Waals surface area contributed by atoms with Crippen LogP contribution in [0.25, 0.3) is 0 Å². The highest BCUT2D eigenvalue weighted by Crippen LogP contribution is 2.54. The highest BCUT2D eigenvalue weighted by molar-refractivity contribution is 6.00. The summed E-state index contributed by atoms with van der Waals surface area (Å²) in [6.07, 6.45) is 2.01. The predicted molar refractivity (Wildman–Crippen MR) is 107 cm³/mol. The van der Waals surface area contributed by atoms with Crippen molar-refractivity contribution < 1.29 is 14.3 Å². The quantitative estimate of drug-likeness (QED) is 0.792. The van der Waals surface area contributed by atoms with Gasteiger partial charge in [-0.1, -0.05) is 32.0 Å². The number of Topliss-reactive ketones (excluding diaryl/α,β-unsaturated/α-hetero) is 1. The van der Waals surface area contributed by atoms with Gasteiger partial charge in [-0.25, -0.2) is 0 Å². The van der Waals surface area contributed by atoms with Gasteiger partial charge in [0, 0.05) is 42.5 Å². The highest BCUT2D eigenvalue weighted by Gasteiger charge is 2.53. The Labute approximate surface area is 170 Å². The molecule has 1 aliphatic carbocycles. The maximum atomic E-state index is 13.1. The molecule has 2 heterocycles. The van der Waals surface area contributed by atoms with Gasteiger partial charge in [-0.2, -0.15) is 5.26 Å². The number of fused-ring (bicyclic) bond motifs is 1. The van der Waals surface area contributed by atoms with E-state index >= 15 is 0 Å². The van der Waals surface area contributed by atoms with Crippen LogP contribution in [0.3, 0.4) is 0 Å². The normalized spacial score (nSPS) is 22.8. The van der Waals surface area contributed by atoms with Crippen LogP contribution in [-0.4, -0.2) is 29.7 Å². The van der Waals surface area contributed by atoms with Gasteiger partial charge in [0.25, 0.3) is 5.91 Å². The van der Waals surface area contributed by atoms with E-state index in [4.69, 9.17) is 10.5 Å². The van der Waals surface area contributed by atoms with Crippen LogP contribution in [0.2, 0.25) is 0 Å². The van der Waals surface area contributed by atoms with Crippen molar-refractivity contribution in [2.75, 3.05) is 13.1 Å². The van der Waals surface area contributed by atoms with Gasteiger partial charge in [-0.05, 0) is 30.4 Å². The van der Waals surface area contributed by atoms with E-state index in [1.807, 2.05) is 32.0 Å². The number of hydrogen-bond donors (Lipinski definition) is 1. The third kappa shape index (κ3) is 3.11. The smallest absolute Gasteiger partial charge is 0.253 e. The summed E-state index contributed by atoms with van der Waals surface area (Å²) < 4.78 is 5.78. The molecule has 6 heteroatoms. The Balaban J connectivity index is 1.68. The van der Waals surface area contributed by atoms with Crippen molar-refractivity contribution in [3.8, 4) is 6.07 Å². The number of ether oxygens (including phenoxy) is 1. The van der Waals surface area contributed by atoms with Crippen LogP contribution >= 0.6 is 0 Å². The van der Waals surface area contributed by atoms with E-state index in [0.29, 0.717) is 61.2 Å². The molecular weight excluding hydrogens is 366 g/mol. The summed E-state index contributed by atoms with van der Waals surface area (Å²) in [5.41, 5.74) is 6.75. The molecule has 1 spiro atoms. The fourth-order valence-corrected chi connectivity index (χ4v) is 4.95. The molecule has 0 saturated carbocycles. The molecule has 3 aliphatic rings. The van der Waals surface area contributed by atoms with Crippen LogP contribution in [-0.2, 0) is 9.53 Å². The summed E-state index contributed by atoms with van der Waals surface area (Å²) in [5, 5.41) is 9.83. The minimum Gasteiger partial charge on any atom is -0.444 e. The van der Waals surface area contributed by atoms with Crippen LogP contribution in [0.5, 0.6) is 0 Å². The number of piperidine rings is 1. The lowest BCUT2D eigenvalue weighted by molar-refractivity contribution is -0.120. The van der Waals surface area contributed by atoms with E-state index in [0.717, 1.165) is 0 Å². The molecular formula is C23H25N3O3. The molecule has 2 aliphatic heterocycles. The monoisotopic (exact) mass is 391 g/mol. The molecule has 0 bridgehead atoms. The standard InChI is InChI=1S/C23H25N3O3/c1-22(2)12-17(27)19-18(13-22)29-20(25)16(14-24)23(19)8-10-26(11-9-23)21(28)15-6-4-3-5-7-15/h3-7H,8-13,25H2,1-2H3. The number of benzene rings is 1. The zero-order valence-corrected chi connectivity index (χ0v) is 16.8. The molecule has 6 nitrogen and oxygen atoms in total. The summed E-state index contributed by atoms with van der Waals surface area (Å²) in [5.74, 6) is 0.692. The lowest BCUT2D eigenvalue weighted by atomic mass is 9.61. The van der Waals surface area contributed by atoms with Crippen molar-refractivity contribution in [2.45, 2.75) is 39.5 Å². The first-order chi connectivity index (χ1) is 13.8. The van der Waals surface area contributed by atoms with E-state index in [9.17, 15) is 14.9 Å². The van der Waals surface area contributed by atoms with Crippen LogP contribution in [0.1, 0.15) is 49.9 Å². The number of allylic oxidation sites excluding steroid dienone is 3. The average molecular weight is 391 g/mol. The van der Waals surface area contributed by atoms with E-state index < -0.39 is 5.41 Å². The van der Waals surface area contributed by atoms with Crippen molar-refractivity contribution in [3.05, 3.63) is 58.7 Å². The van der Waals surface area contributed by atoms with Gasteiger partial charge in [-0.15, -0.1) is 0 Å². The molecule has 29 heavy (non-hydrogen) atoms. The first kappa shape index (κ1) is 19.3. The SMILES string of the molecule is CC1(C)CC(=O)C2=C(C1)OC(N)=C(C#N)C21CCN(C(=O)c2ccccc2)CC1. The summed E-state index contributed by atoms with van der Waals surface area (Å²) in [7, 11) is 0. The molecule has 2 N–H and O–H groups in total. The molecule has 1 aromatic carbocycles. The Hall–Kier alpha value is -3.07. The van der Waals surface area contributed by atoms with E-state index in [-0.39, 0.29) is 23.0 Å². The maximum Gasteiger partial charge on any atom is 0.253 e. The number of carbonyl (C=O) groups is 2. The van der Waals surface area contributed by atoms with Gasteiger partial charge in [0.1, 0.15) is 17.4 Å². The van der Waals surface area contributed by atoms with Gasteiger partial charge >= 0.3 is 0 Å². The zero-order valence-electron chi connectivity index (χ0n) is 16.8. The Kier molecular flexibility index (Phi) is 4.49. The van der Waals surface area contributed by atoms with Crippen LogP contribution in [0, 0.1) is 22.2 Å². The number of hydrogen-bond acceptors (Lipinski definition) is 5. The van der Waals surface area contributed by atoms with Crippen LogP contribution in [0.15, 0.2) is 53.1 Å². The van der Waals surface area contributed by atoms with Crippen LogP contribution < -0.4 is 5.73 Å². The predicted octanol–water partition coefficient (Wildman–Crippen LogP) is 3.28. The molecule has 1 saturated heterocycles. The van der Waals surface area contributed by atoms with Crippen molar-refractivity contribution >= 4 is 11.7 Å². The van der Waals surface area contributed by atoms with Crippen molar-refractivity contribution in [2.24, 2.45) is 16.6 Å².